The molecule has 1 saturated carbocycles. The van der Waals surface area contributed by atoms with E-state index < -0.39 is 23.2 Å². The van der Waals surface area contributed by atoms with Crippen LogP contribution in [-0.4, -0.2) is 21.0 Å². The van der Waals surface area contributed by atoms with Crippen molar-refractivity contribution >= 4 is 5.97 Å². The van der Waals surface area contributed by atoms with Crippen LogP contribution in [0.4, 0.5) is 4.39 Å². The number of aromatic carboxylic acids is 1. The van der Waals surface area contributed by atoms with Crippen molar-refractivity contribution in [2.75, 3.05) is 0 Å². The third-order valence-electron chi connectivity index (χ3n) is 2.06. The summed E-state index contributed by atoms with van der Waals surface area (Å²) in [5.41, 5.74) is -1.04. The molecule has 0 radical (unpaired) electrons. The quantitative estimate of drug-likeness (QED) is 0.724. The average Bonchev–Trinajstić information content (AvgIpc) is 2.92. The number of nitrogens with zero attached hydrogens (tertiary/aromatic N) is 1. The van der Waals surface area contributed by atoms with Crippen molar-refractivity contribution in [3.8, 4) is 0 Å². The maximum Gasteiger partial charge on any atom is 0.372 e. The van der Waals surface area contributed by atoms with E-state index in [0.717, 1.165) is 12.8 Å². The molecule has 0 saturated heterocycles. The van der Waals surface area contributed by atoms with Gasteiger partial charge in [0.25, 0.3) is 5.56 Å². The number of nitrogens with one attached hydrogen (secondary N) is 1. The van der Waals surface area contributed by atoms with Gasteiger partial charge in [0, 0.05) is 5.92 Å². The Morgan fingerprint density at radius 2 is 2.21 bits per heavy atom. The summed E-state index contributed by atoms with van der Waals surface area (Å²) in [5, 5.41) is 8.57. The molecule has 2 rings (SSSR count). The summed E-state index contributed by atoms with van der Waals surface area (Å²) in [7, 11) is 0. The molecule has 2 N–H and O–H groups in total. The first-order valence-electron chi connectivity index (χ1n) is 4.12. The van der Waals surface area contributed by atoms with Gasteiger partial charge in [-0.1, -0.05) is 0 Å². The number of aromatic nitrogens is 2. The van der Waals surface area contributed by atoms with Crippen LogP contribution in [-0.2, 0) is 0 Å². The van der Waals surface area contributed by atoms with E-state index in [2.05, 4.69) is 4.98 Å². The van der Waals surface area contributed by atoms with Crippen molar-refractivity contribution in [1.82, 2.24) is 9.97 Å². The Morgan fingerprint density at radius 3 is 2.71 bits per heavy atom. The molecule has 0 aliphatic heterocycles. The van der Waals surface area contributed by atoms with Crippen molar-refractivity contribution in [1.29, 1.82) is 0 Å². The summed E-state index contributed by atoms with van der Waals surface area (Å²) < 4.78 is 13.1. The Labute approximate surface area is 77.6 Å². The smallest absolute Gasteiger partial charge is 0.372 e. The molecule has 1 aromatic rings. The van der Waals surface area contributed by atoms with Crippen LogP contribution in [0.15, 0.2) is 4.79 Å². The van der Waals surface area contributed by atoms with Crippen LogP contribution < -0.4 is 5.56 Å². The number of aromatic amines is 1. The zero-order chi connectivity index (χ0) is 10.3. The third kappa shape index (κ3) is 1.39. The minimum atomic E-state index is -1.36. The van der Waals surface area contributed by atoms with E-state index in [1.807, 2.05) is 4.98 Å². The van der Waals surface area contributed by atoms with Crippen LogP contribution in [0.25, 0.3) is 0 Å². The van der Waals surface area contributed by atoms with E-state index in [9.17, 15) is 14.0 Å². The fourth-order valence-corrected chi connectivity index (χ4v) is 1.20. The molecule has 14 heavy (non-hydrogen) atoms. The van der Waals surface area contributed by atoms with Gasteiger partial charge < -0.3 is 5.11 Å². The summed E-state index contributed by atoms with van der Waals surface area (Å²) in [6.45, 7) is 0. The number of hydrogen-bond donors (Lipinski definition) is 2. The van der Waals surface area contributed by atoms with Crippen LogP contribution in [0.1, 0.15) is 35.1 Å². The van der Waals surface area contributed by atoms with Crippen molar-refractivity contribution in [2.24, 2.45) is 0 Å². The van der Waals surface area contributed by atoms with Gasteiger partial charge in [-0.15, -0.1) is 0 Å². The molecule has 0 unspecified atom stereocenters. The Kier molecular flexibility index (Phi) is 1.83. The van der Waals surface area contributed by atoms with Crippen molar-refractivity contribution < 1.29 is 14.3 Å². The largest absolute Gasteiger partial charge is 0.475 e. The van der Waals surface area contributed by atoms with Crippen molar-refractivity contribution in [2.45, 2.75) is 18.8 Å². The molecule has 6 heteroatoms. The molecular weight excluding hydrogens is 191 g/mol. The van der Waals surface area contributed by atoms with Gasteiger partial charge in [0.05, 0.1) is 5.69 Å². The van der Waals surface area contributed by atoms with Gasteiger partial charge in [-0.2, -0.15) is 4.39 Å². The van der Waals surface area contributed by atoms with Gasteiger partial charge in [-0.25, -0.2) is 9.78 Å². The zero-order valence-corrected chi connectivity index (χ0v) is 7.08. The van der Waals surface area contributed by atoms with Gasteiger partial charge >= 0.3 is 5.97 Å². The normalized spacial score (nSPS) is 15.5. The lowest BCUT2D eigenvalue weighted by Gasteiger charge is -2.00. The highest BCUT2D eigenvalue weighted by molar-refractivity contribution is 5.82. The van der Waals surface area contributed by atoms with E-state index in [1.165, 1.54) is 0 Å². The summed E-state index contributed by atoms with van der Waals surface area (Å²) >= 11 is 0. The van der Waals surface area contributed by atoms with Gasteiger partial charge in [0.1, 0.15) is 0 Å². The Bertz CT molecular complexity index is 450. The molecule has 74 valence electrons. The summed E-state index contributed by atoms with van der Waals surface area (Å²) in [5.74, 6) is -2.91. The Balaban J connectivity index is 2.57. The minimum Gasteiger partial charge on any atom is -0.475 e. The topological polar surface area (TPSA) is 83.0 Å². The fourth-order valence-electron chi connectivity index (χ4n) is 1.20. The van der Waals surface area contributed by atoms with Crippen LogP contribution in [0.3, 0.4) is 0 Å². The standard InChI is InChI=1S/C8H7FN2O3/c9-4-5(3-1-2-3)10-6(8(13)14)11-7(4)12/h3H,1-2H2,(H,13,14)(H,10,11,12). The van der Waals surface area contributed by atoms with Gasteiger partial charge in [-0.3, -0.25) is 9.78 Å². The number of H-pyrrole nitrogens is 1. The second-order valence-electron chi connectivity index (χ2n) is 3.19. The minimum absolute atomic E-state index is 0.0221. The van der Waals surface area contributed by atoms with Crippen LogP contribution >= 0.6 is 0 Å². The van der Waals surface area contributed by atoms with E-state index in [0.29, 0.717) is 0 Å². The van der Waals surface area contributed by atoms with Crippen LogP contribution in [0.2, 0.25) is 0 Å². The first-order valence-corrected chi connectivity index (χ1v) is 4.12. The maximum atomic E-state index is 13.1. The molecule has 1 aromatic heterocycles. The molecule has 0 spiro atoms. The highest BCUT2D eigenvalue weighted by Crippen LogP contribution is 2.39. The summed E-state index contributed by atoms with van der Waals surface area (Å²) in [4.78, 5) is 26.9. The second-order valence-corrected chi connectivity index (χ2v) is 3.19. The van der Waals surface area contributed by atoms with Gasteiger partial charge in [0.2, 0.25) is 11.6 Å². The zero-order valence-electron chi connectivity index (χ0n) is 7.08. The molecule has 0 aromatic carbocycles. The Hall–Kier alpha value is -1.72. The van der Waals surface area contributed by atoms with Crippen molar-refractivity contribution in [3.05, 3.63) is 27.7 Å². The van der Waals surface area contributed by atoms with Crippen molar-refractivity contribution in [3.63, 3.8) is 0 Å². The molecular formula is C8H7FN2O3. The second kappa shape index (κ2) is 2.90. The molecule has 0 bridgehead atoms. The lowest BCUT2D eigenvalue weighted by molar-refractivity contribution is 0.0682. The lowest BCUT2D eigenvalue weighted by atomic mass is 10.2. The third-order valence-corrected chi connectivity index (χ3v) is 2.06. The van der Waals surface area contributed by atoms with Gasteiger partial charge in [-0.05, 0) is 12.8 Å². The first kappa shape index (κ1) is 8.86. The van der Waals surface area contributed by atoms with E-state index in [1.54, 1.807) is 0 Å². The maximum absolute atomic E-state index is 13.1. The predicted octanol–water partition coefficient (Wildman–Crippen LogP) is 0.485. The van der Waals surface area contributed by atoms with Crippen LogP contribution in [0.5, 0.6) is 0 Å². The number of carboxylic acids is 1. The predicted molar refractivity (Wildman–Crippen MR) is 43.8 cm³/mol. The molecule has 0 amide bonds. The first-order chi connectivity index (χ1) is 6.59. The fraction of sp³-hybridized carbons (Fsp3) is 0.375. The highest BCUT2D eigenvalue weighted by Gasteiger charge is 2.30. The SMILES string of the molecule is O=C(O)c1nc(C2CC2)c(F)c(=O)[nH]1. The van der Waals surface area contributed by atoms with E-state index in [4.69, 9.17) is 5.11 Å². The number of halogens is 1. The molecule has 5 nitrogen and oxygen atoms in total. The average molecular weight is 198 g/mol. The monoisotopic (exact) mass is 198 g/mol. The molecule has 1 aliphatic rings. The van der Waals surface area contributed by atoms with E-state index in [-0.39, 0.29) is 11.6 Å². The number of hydrogen-bond acceptors (Lipinski definition) is 3. The summed E-state index contributed by atoms with van der Waals surface area (Å²) in [6.07, 6.45) is 1.51. The van der Waals surface area contributed by atoms with Crippen LogP contribution in [0, 0.1) is 5.82 Å². The number of rotatable bonds is 2. The Morgan fingerprint density at radius 1 is 1.57 bits per heavy atom. The highest BCUT2D eigenvalue weighted by atomic mass is 19.1. The lowest BCUT2D eigenvalue weighted by Crippen LogP contribution is -2.21. The number of carbonyl (C=O) groups is 1. The number of carboxylic acid groups (broad SMARTS) is 1. The molecule has 1 aliphatic carbocycles. The molecule has 1 heterocycles. The summed E-state index contributed by atoms with van der Waals surface area (Å²) in [6, 6.07) is 0. The van der Waals surface area contributed by atoms with Gasteiger partial charge in [0.15, 0.2) is 0 Å². The van der Waals surface area contributed by atoms with E-state index >= 15 is 0 Å². The molecule has 0 atom stereocenters. The molecule has 1 fully saturated rings.